The second kappa shape index (κ2) is 12.2. The van der Waals surface area contributed by atoms with Crippen molar-refractivity contribution in [3.05, 3.63) is 101 Å². The SMILES string of the molecule is COc1ccccc1-c1cc(C(F)(F)F)cc2c1OC(CN(N)CC1Cc3cc(C(F)(F)F)cc(-c4ccccc4C(F)(F)F)c3O1)C2. The van der Waals surface area contributed by atoms with Crippen molar-refractivity contribution in [1.82, 2.24) is 5.01 Å². The lowest BCUT2D eigenvalue weighted by molar-refractivity contribution is -0.138. The Balaban J connectivity index is 1.23. The summed E-state index contributed by atoms with van der Waals surface area (Å²) in [6.45, 7) is -0.0745. The van der Waals surface area contributed by atoms with Crippen LogP contribution < -0.4 is 20.1 Å². The minimum absolute atomic E-state index is 0.00480. The van der Waals surface area contributed by atoms with Crippen LogP contribution in [0.25, 0.3) is 22.3 Å². The molecule has 0 radical (unpaired) electrons. The Morgan fingerprint density at radius 3 is 1.58 bits per heavy atom. The third kappa shape index (κ3) is 6.63. The molecule has 0 aromatic heterocycles. The van der Waals surface area contributed by atoms with E-state index < -0.39 is 53.0 Å². The quantitative estimate of drug-likeness (QED) is 0.120. The van der Waals surface area contributed by atoms with Gasteiger partial charge in [-0.05, 0) is 53.1 Å². The van der Waals surface area contributed by atoms with Gasteiger partial charge in [-0.1, -0.05) is 36.4 Å². The lowest BCUT2D eigenvalue weighted by atomic mass is 9.94. The maximum Gasteiger partial charge on any atom is 0.417 e. The Labute approximate surface area is 268 Å². The van der Waals surface area contributed by atoms with Gasteiger partial charge in [0, 0.05) is 29.5 Å². The molecule has 0 fully saturated rings. The van der Waals surface area contributed by atoms with Gasteiger partial charge in [-0.2, -0.15) is 39.5 Å². The first kappa shape index (κ1) is 33.5. The zero-order valence-corrected chi connectivity index (χ0v) is 25.1. The van der Waals surface area contributed by atoms with Gasteiger partial charge in [0.2, 0.25) is 0 Å². The van der Waals surface area contributed by atoms with E-state index in [1.165, 1.54) is 18.2 Å². The predicted molar refractivity (Wildman–Crippen MR) is 157 cm³/mol. The highest BCUT2D eigenvalue weighted by Crippen LogP contribution is 2.48. The molecule has 2 heterocycles. The summed E-state index contributed by atoms with van der Waals surface area (Å²) in [7, 11) is 1.40. The predicted octanol–water partition coefficient (Wildman–Crippen LogP) is 8.57. The molecule has 5 nitrogen and oxygen atoms in total. The van der Waals surface area contributed by atoms with Crippen LogP contribution in [0.15, 0.2) is 72.8 Å². The number of fused-ring (bicyclic) bond motifs is 2. The molecule has 0 saturated heterocycles. The molecule has 4 aromatic rings. The molecule has 254 valence electrons. The monoisotopic (exact) mass is 682 g/mol. The van der Waals surface area contributed by atoms with E-state index in [1.54, 1.807) is 24.3 Å². The Kier molecular flexibility index (Phi) is 8.52. The van der Waals surface area contributed by atoms with Crippen LogP contribution in [-0.4, -0.2) is 37.4 Å². The normalized spacial score (nSPS) is 17.6. The van der Waals surface area contributed by atoms with Gasteiger partial charge in [-0.15, -0.1) is 0 Å². The largest absolute Gasteiger partial charge is 0.496 e. The Hall–Kier alpha value is -4.43. The molecule has 14 heteroatoms. The van der Waals surface area contributed by atoms with Gasteiger partial charge in [-0.3, -0.25) is 5.84 Å². The van der Waals surface area contributed by atoms with E-state index in [0.717, 1.165) is 36.4 Å². The molecule has 2 unspecified atom stereocenters. The molecule has 0 bridgehead atoms. The van der Waals surface area contributed by atoms with E-state index >= 15 is 0 Å². The minimum atomic E-state index is -4.84. The number of hydrogen-bond donors (Lipinski definition) is 1. The zero-order chi connectivity index (χ0) is 34.6. The van der Waals surface area contributed by atoms with Gasteiger partial charge in [0.1, 0.15) is 29.5 Å². The van der Waals surface area contributed by atoms with E-state index in [4.69, 9.17) is 20.1 Å². The van der Waals surface area contributed by atoms with Crippen molar-refractivity contribution in [1.29, 1.82) is 0 Å². The van der Waals surface area contributed by atoms with Crippen LogP contribution in [0.2, 0.25) is 0 Å². The Bertz CT molecular complexity index is 1840. The summed E-state index contributed by atoms with van der Waals surface area (Å²) in [6.07, 6.45) is -15.8. The number of methoxy groups -OCH3 is 1. The van der Waals surface area contributed by atoms with Gasteiger partial charge in [0.15, 0.2) is 0 Å². The summed E-state index contributed by atoms with van der Waals surface area (Å²) in [5.41, 5.74) is -2.95. The number of rotatable bonds is 7. The van der Waals surface area contributed by atoms with Gasteiger partial charge in [0.25, 0.3) is 0 Å². The van der Waals surface area contributed by atoms with Crippen LogP contribution in [0.5, 0.6) is 17.2 Å². The molecule has 0 aliphatic carbocycles. The van der Waals surface area contributed by atoms with Crippen molar-refractivity contribution in [3.63, 3.8) is 0 Å². The highest BCUT2D eigenvalue weighted by atomic mass is 19.4. The average molecular weight is 683 g/mol. The van der Waals surface area contributed by atoms with Crippen molar-refractivity contribution in [2.24, 2.45) is 5.84 Å². The molecule has 0 saturated carbocycles. The fraction of sp³-hybridized carbons (Fsp3) is 0.294. The van der Waals surface area contributed by atoms with Crippen molar-refractivity contribution >= 4 is 0 Å². The Morgan fingerprint density at radius 1 is 0.646 bits per heavy atom. The average Bonchev–Trinajstić information content (AvgIpc) is 3.61. The standard InChI is InChI=1S/C34H27F9N2O3/c1-46-29-9-5-3-7-25(29)27-15-21(33(38,39)40)11-19-13-23(48-31(19)27)17-45(44)16-22-12-18-10-20(32(35,36)37)14-26(30(18)47-22)24-6-2-4-8-28(24)34(41,42)43/h2-11,14-15,22-23H,12-13,16-17,44H2,1H3. The van der Waals surface area contributed by atoms with Crippen LogP contribution in [0.1, 0.15) is 27.8 Å². The number of nitrogens with zero attached hydrogens (tertiary/aromatic N) is 1. The second-order valence-electron chi connectivity index (χ2n) is 11.6. The fourth-order valence-corrected chi connectivity index (χ4v) is 6.23. The molecule has 4 aromatic carbocycles. The first-order valence-electron chi connectivity index (χ1n) is 14.6. The molecular formula is C34H27F9N2O3. The van der Waals surface area contributed by atoms with E-state index in [2.05, 4.69) is 0 Å². The molecule has 6 rings (SSSR count). The maximum atomic E-state index is 13.9. The van der Waals surface area contributed by atoms with Gasteiger partial charge in [0.05, 0.1) is 36.9 Å². The first-order valence-corrected chi connectivity index (χ1v) is 14.6. The van der Waals surface area contributed by atoms with Crippen molar-refractivity contribution in [2.45, 2.75) is 43.6 Å². The van der Waals surface area contributed by atoms with Crippen LogP contribution in [0, 0.1) is 0 Å². The van der Waals surface area contributed by atoms with Gasteiger partial charge < -0.3 is 14.2 Å². The minimum Gasteiger partial charge on any atom is -0.496 e. The van der Waals surface area contributed by atoms with Crippen molar-refractivity contribution < 1.29 is 53.7 Å². The smallest absolute Gasteiger partial charge is 0.417 e. The van der Waals surface area contributed by atoms with Crippen molar-refractivity contribution in [3.8, 4) is 39.5 Å². The van der Waals surface area contributed by atoms with Gasteiger partial charge >= 0.3 is 18.5 Å². The number of alkyl halides is 9. The number of ether oxygens (including phenoxy) is 3. The highest BCUT2D eigenvalue weighted by molar-refractivity contribution is 5.79. The summed E-state index contributed by atoms with van der Waals surface area (Å²) in [5, 5.41) is 1.27. The molecule has 2 N–H and O–H groups in total. The van der Waals surface area contributed by atoms with E-state index in [1.807, 2.05) is 0 Å². The summed E-state index contributed by atoms with van der Waals surface area (Å²) in [6, 6.07) is 14.4. The lowest BCUT2D eigenvalue weighted by Crippen LogP contribution is -2.45. The zero-order valence-electron chi connectivity index (χ0n) is 25.1. The molecule has 0 amide bonds. The molecular weight excluding hydrogens is 655 g/mol. The summed E-state index contributed by atoms with van der Waals surface area (Å²) in [5.74, 6) is 6.75. The number of hydrazine groups is 1. The number of hydrogen-bond acceptors (Lipinski definition) is 5. The van der Waals surface area contributed by atoms with Crippen LogP contribution in [0.3, 0.4) is 0 Å². The van der Waals surface area contributed by atoms with Crippen LogP contribution in [-0.2, 0) is 31.4 Å². The summed E-state index contributed by atoms with van der Waals surface area (Å²) < 4.78 is 142. The van der Waals surface area contributed by atoms with Gasteiger partial charge in [-0.25, -0.2) is 5.01 Å². The third-order valence-electron chi connectivity index (χ3n) is 8.25. The second-order valence-corrected chi connectivity index (χ2v) is 11.6. The van der Waals surface area contributed by atoms with E-state index in [-0.39, 0.29) is 54.1 Å². The topological polar surface area (TPSA) is 57.0 Å². The molecule has 2 aliphatic rings. The Morgan fingerprint density at radius 2 is 1.10 bits per heavy atom. The van der Waals surface area contributed by atoms with E-state index in [9.17, 15) is 39.5 Å². The number of para-hydroxylation sites is 1. The molecule has 48 heavy (non-hydrogen) atoms. The van der Waals surface area contributed by atoms with Crippen molar-refractivity contribution in [2.75, 3.05) is 20.2 Å². The highest BCUT2D eigenvalue weighted by Gasteiger charge is 2.40. The van der Waals surface area contributed by atoms with Crippen LogP contribution >= 0.6 is 0 Å². The van der Waals surface area contributed by atoms with Crippen LogP contribution in [0.4, 0.5) is 39.5 Å². The number of nitrogens with two attached hydrogens (primary N) is 1. The number of benzene rings is 4. The maximum absolute atomic E-state index is 13.9. The lowest BCUT2D eigenvalue weighted by Gasteiger charge is -2.24. The first-order chi connectivity index (χ1) is 22.5. The molecule has 0 spiro atoms. The number of halogens is 9. The summed E-state index contributed by atoms with van der Waals surface area (Å²) in [4.78, 5) is 0. The third-order valence-corrected chi connectivity index (χ3v) is 8.25. The molecule has 2 aliphatic heterocycles. The molecule has 2 atom stereocenters. The summed E-state index contributed by atoms with van der Waals surface area (Å²) >= 11 is 0. The van der Waals surface area contributed by atoms with E-state index in [0.29, 0.717) is 22.9 Å². The fourth-order valence-electron chi connectivity index (χ4n) is 6.23.